The average molecular weight is 507 g/mol. The van der Waals surface area contributed by atoms with Crippen LogP contribution in [0, 0.1) is 0 Å². The van der Waals surface area contributed by atoms with Crippen LogP contribution in [0.3, 0.4) is 0 Å². The second-order valence-electron chi connectivity index (χ2n) is 10.9. The molecule has 0 aromatic heterocycles. The van der Waals surface area contributed by atoms with E-state index in [9.17, 15) is 18.9 Å². The van der Waals surface area contributed by atoms with Crippen LogP contribution in [0.15, 0.2) is 0 Å². The van der Waals surface area contributed by atoms with Gasteiger partial charge in [-0.2, -0.15) is 12.6 Å². The van der Waals surface area contributed by atoms with Crippen LogP contribution in [-0.2, 0) is 27.4 Å². The third-order valence-corrected chi connectivity index (χ3v) is 8.49. The van der Waals surface area contributed by atoms with E-state index in [0.29, 0.717) is 12.8 Å². The van der Waals surface area contributed by atoms with Crippen LogP contribution in [0.4, 0.5) is 0 Å². The molecule has 31 heavy (non-hydrogen) atoms. The Morgan fingerprint density at radius 2 is 1.23 bits per heavy atom. The molecule has 0 aliphatic heterocycles. The largest absolute Gasteiger partial charge is 0.473 e. The molecular weight excluding hydrogens is 462 g/mol. The van der Waals surface area contributed by atoms with Crippen molar-refractivity contribution in [3.63, 3.8) is 0 Å². The van der Waals surface area contributed by atoms with Crippen LogP contribution in [0.5, 0.6) is 0 Å². The highest BCUT2D eigenvalue weighted by atomic mass is 32.1. The van der Waals surface area contributed by atoms with Gasteiger partial charge in [-0.3, -0.25) is 13.6 Å². The van der Waals surface area contributed by atoms with Gasteiger partial charge >= 0.3 is 15.4 Å². The zero-order chi connectivity index (χ0) is 25.2. The molecule has 2 unspecified atom stereocenters. The third-order valence-electron chi connectivity index (χ3n) is 4.65. The maximum Gasteiger partial charge on any atom is 0.473 e. The van der Waals surface area contributed by atoms with E-state index in [1.165, 1.54) is 13.8 Å². The van der Waals surface area contributed by atoms with E-state index < -0.39 is 37.6 Å². The molecule has 0 aliphatic rings. The minimum Gasteiger partial charge on any atom is -0.363 e. The van der Waals surface area contributed by atoms with Crippen LogP contribution >= 0.6 is 28.0 Å². The van der Waals surface area contributed by atoms with Crippen LogP contribution in [0.25, 0.3) is 0 Å². The number of hydrogen-bond acceptors (Lipinski definition) is 7. The van der Waals surface area contributed by atoms with Crippen LogP contribution in [0.1, 0.15) is 95.4 Å². The van der Waals surface area contributed by atoms with E-state index in [-0.39, 0.29) is 17.8 Å². The number of hydrogen-bond donors (Lipinski definition) is 3. The normalized spacial score (nSPS) is 18.5. The highest BCUT2D eigenvalue weighted by Gasteiger charge is 2.47. The second-order valence-corrected chi connectivity index (χ2v) is 15.7. The molecule has 188 valence electrons. The molecule has 11 heteroatoms. The fraction of sp³-hybridized carbons (Fsp3) is 1.00. The van der Waals surface area contributed by atoms with Gasteiger partial charge in [0.2, 0.25) is 0 Å². The van der Waals surface area contributed by atoms with Crippen molar-refractivity contribution >= 4 is 28.0 Å². The van der Waals surface area contributed by atoms with Gasteiger partial charge in [-0.25, -0.2) is 4.57 Å². The van der Waals surface area contributed by atoms with Crippen molar-refractivity contribution in [3.8, 4) is 0 Å². The maximum absolute atomic E-state index is 13.0. The first-order chi connectivity index (χ1) is 13.3. The Morgan fingerprint density at radius 1 is 0.774 bits per heavy atom. The minimum atomic E-state index is -4.31. The fourth-order valence-corrected chi connectivity index (χ4v) is 6.00. The van der Waals surface area contributed by atoms with Crippen LogP contribution in [-0.4, -0.2) is 43.3 Å². The standard InChI is InChI=1S/C20H44O8P2S/c1-12-16(2,3)27-30(23,24)28-17(4,5)13-14-25-20(10,11)29(21,22)26-18(6,7)15-19(8,9)31/h31H,12-15H2,1-11H3,(H,21,22)(H,23,24). The summed E-state index contributed by atoms with van der Waals surface area (Å²) < 4.78 is 46.8. The average Bonchev–Trinajstić information content (AvgIpc) is 2.39. The first kappa shape index (κ1) is 31.6. The number of phosphoric acid groups is 1. The quantitative estimate of drug-likeness (QED) is 0.186. The summed E-state index contributed by atoms with van der Waals surface area (Å²) in [5, 5.41) is -1.50. The van der Waals surface area contributed by atoms with Crippen molar-refractivity contribution in [2.24, 2.45) is 0 Å². The van der Waals surface area contributed by atoms with E-state index in [1.807, 2.05) is 20.8 Å². The van der Waals surface area contributed by atoms with E-state index in [2.05, 4.69) is 12.6 Å². The lowest BCUT2D eigenvalue weighted by molar-refractivity contribution is -0.0397. The zero-order valence-corrected chi connectivity index (χ0v) is 23.7. The van der Waals surface area contributed by atoms with Gasteiger partial charge in [-0.15, -0.1) is 0 Å². The van der Waals surface area contributed by atoms with Gasteiger partial charge in [-0.05, 0) is 74.7 Å². The minimum absolute atomic E-state index is 0.00354. The molecule has 2 atom stereocenters. The number of ether oxygens (including phenoxy) is 1. The number of thiol groups is 1. The maximum atomic E-state index is 13.0. The molecule has 0 saturated carbocycles. The summed E-state index contributed by atoms with van der Waals surface area (Å²) in [7, 11) is -8.49. The van der Waals surface area contributed by atoms with Gasteiger partial charge in [0.05, 0.1) is 23.4 Å². The molecule has 0 fully saturated rings. The summed E-state index contributed by atoms with van der Waals surface area (Å²) in [6.07, 6.45) is 1.17. The Balaban J connectivity index is 5.03. The Bertz CT molecular complexity index is 683. The fourth-order valence-electron chi connectivity index (χ4n) is 2.90. The molecule has 0 aromatic carbocycles. The summed E-state index contributed by atoms with van der Waals surface area (Å²) in [5.74, 6) is 0. The van der Waals surface area contributed by atoms with Gasteiger partial charge in [0.25, 0.3) is 0 Å². The van der Waals surface area contributed by atoms with Gasteiger partial charge in [0.1, 0.15) is 0 Å². The predicted octanol–water partition coefficient (Wildman–Crippen LogP) is 6.31. The predicted molar refractivity (Wildman–Crippen MR) is 128 cm³/mol. The van der Waals surface area contributed by atoms with Crippen LogP contribution < -0.4 is 0 Å². The van der Waals surface area contributed by atoms with Gasteiger partial charge in [-0.1, -0.05) is 20.8 Å². The smallest absolute Gasteiger partial charge is 0.363 e. The molecule has 2 N–H and O–H groups in total. The topological polar surface area (TPSA) is 112 Å². The van der Waals surface area contributed by atoms with E-state index in [4.69, 9.17) is 18.3 Å². The van der Waals surface area contributed by atoms with E-state index in [1.54, 1.807) is 41.5 Å². The van der Waals surface area contributed by atoms with Crippen molar-refractivity contribution < 1.29 is 37.2 Å². The second kappa shape index (κ2) is 10.5. The SMILES string of the molecule is CCC(C)(C)OP(=O)(O)OC(C)(C)CCOC(C)(C)P(=O)(O)OC(C)(C)CC(C)(C)S. The Kier molecular flexibility index (Phi) is 10.6. The molecule has 0 amide bonds. The molecule has 0 aromatic rings. The summed E-state index contributed by atoms with van der Waals surface area (Å²) >= 11 is 4.47. The van der Waals surface area contributed by atoms with Crippen molar-refractivity contribution in [1.29, 1.82) is 0 Å². The molecule has 0 rings (SSSR count). The molecular formula is C20H44O8P2S. The van der Waals surface area contributed by atoms with Gasteiger partial charge < -0.3 is 19.0 Å². The molecule has 0 bridgehead atoms. The first-order valence-electron chi connectivity index (χ1n) is 10.5. The highest BCUT2D eigenvalue weighted by Crippen LogP contribution is 2.59. The lowest BCUT2D eigenvalue weighted by Crippen LogP contribution is -2.36. The van der Waals surface area contributed by atoms with Crippen molar-refractivity contribution in [2.45, 2.75) is 122 Å². The molecule has 0 spiro atoms. The first-order valence-corrected chi connectivity index (χ1v) is 14.0. The lowest BCUT2D eigenvalue weighted by atomic mass is 9.96. The zero-order valence-electron chi connectivity index (χ0n) is 21.0. The molecule has 0 heterocycles. The molecule has 0 aliphatic carbocycles. The Labute approximate surface area is 194 Å². The molecule has 0 radical (unpaired) electrons. The van der Waals surface area contributed by atoms with Gasteiger partial charge in [0.15, 0.2) is 5.34 Å². The summed E-state index contributed by atoms with van der Waals surface area (Å²) in [6, 6.07) is 0. The highest BCUT2D eigenvalue weighted by molar-refractivity contribution is 7.81. The van der Waals surface area contributed by atoms with Crippen molar-refractivity contribution in [1.82, 2.24) is 0 Å². The van der Waals surface area contributed by atoms with Crippen LogP contribution in [0.2, 0.25) is 0 Å². The van der Waals surface area contributed by atoms with Crippen molar-refractivity contribution in [3.05, 3.63) is 0 Å². The number of rotatable bonds is 14. The third kappa shape index (κ3) is 12.6. The Hall–Kier alpha value is 0.570. The Morgan fingerprint density at radius 3 is 1.65 bits per heavy atom. The summed E-state index contributed by atoms with van der Waals surface area (Å²) in [6.45, 7) is 18.7. The summed E-state index contributed by atoms with van der Waals surface area (Å²) in [5.41, 5.74) is -2.78. The molecule has 8 nitrogen and oxygen atoms in total. The van der Waals surface area contributed by atoms with E-state index in [0.717, 1.165) is 0 Å². The van der Waals surface area contributed by atoms with Crippen molar-refractivity contribution in [2.75, 3.05) is 6.61 Å². The molecule has 0 saturated heterocycles. The monoisotopic (exact) mass is 506 g/mol. The summed E-state index contributed by atoms with van der Waals surface area (Å²) in [4.78, 5) is 20.7. The lowest BCUT2D eigenvalue weighted by Gasteiger charge is -2.38. The number of phosphoric ester groups is 1. The van der Waals surface area contributed by atoms with Gasteiger partial charge in [0, 0.05) is 4.75 Å². The van der Waals surface area contributed by atoms with E-state index >= 15 is 0 Å².